The number of nitrogens with two attached hydrogens (primary N) is 1. The molecule has 8 nitrogen and oxygen atoms in total. The van der Waals surface area contributed by atoms with Gasteiger partial charge in [0, 0.05) is 25.4 Å². The molecule has 2 atom stereocenters. The van der Waals surface area contributed by atoms with Crippen LogP contribution in [0.15, 0.2) is 42.5 Å². The zero-order valence-corrected chi connectivity index (χ0v) is 22.0. The van der Waals surface area contributed by atoms with Gasteiger partial charge in [0.05, 0.1) is 21.8 Å². The summed E-state index contributed by atoms with van der Waals surface area (Å²) in [7, 11) is 0. The Labute approximate surface area is 219 Å². The molecule has 5 rings (SSSR count). The molecular formula is C27H33FN6O2S. The molecular weight excluding hydrogens is 491 g/mol. The van der Waals surface area contributed by atoms with E-state index in [1.54, 1.807) is 19.1 Å². The monoisotopic (exact) mass is 524 g/mol. The summed E-state index contributed by atoms with van der Waals surface area (Å²) in [5.74, 6) is -0.0556. The number of para-hydroxylation sites is 2. The van der Waals surface area contributed by atoms with E-state index in [0.717, 1.165) is 36.0 Å². The fraction of sp³-hybridized carbons (Fsp3) is 0.407. The third kappa shape index (κ3) is 6.62. The average Bonchev–Trinajstić information content (AvgIpc) is 3.51. The van der Waals surface area contributed by atoms with E-state index in [0.29, 0.717) is 22.5 Å². The van der Waals surface area contributed by atoms with E-state index in [9.17, 15) is 14.0 Å². The van der Waals surface area contributed by atoms with Gasteiger partial charge in [0.25, 0.3) is 0 Å². The number of nitrogens with zero attached hydrogens (tertiary/aromatic N) is 3. The highest BCUT2D eigenvalue weighted by Crippen LogP contribution is 2.23. The fourth-order valence-corrected chi connectivity index (χ4v) is 5.34. The first-order valence-electron chi connectivity index (χ1n) is 12.7. The van der Waals surface area contributed by atoms with Crippen molar-refractivity contribution in [1.29, 1.82) is 0 Å². The summed E-state index contributed by atoms with van der Waals surface area (Å²) in [5.41, 5.74) is 7.35. The van der Waals surface area contributed by atoms with Crippen molar-refractivity contribution in [2.24, 2.45) is 0 Å². The molecule has 0 saturated carbocycles. The third-order valence-corrected chi connectivity index (χ3v) is 7.43. The molecule has 4 N–H and O–H groups in total. The van der Waals surface area contributed by atoms with Crippen molar-refractivity contribution >= 4 is 49.5 Å². The minimum atomic E-state index is -0.397. The average molecular weight is 525 g/mol. The molecule has 0 spiro atoms. The van der Waals surface area contributed by atoms with E-state index in [-0.39, 0.29) is 30.2 Å². The number of nitrogen functional groups attached to an aromatic ring is 1. The number of rotatable bonds is 6. The Hall–Kier alpha value is -3.53. The fourth-order valence-electron chi connectivity index (χ4n) is 4.61. The van der Waals surface area contributed by atoms with Crippen LogP contribution in [0.1, 0.15) is 64.2 Å². The predicted octanol–water partition coefficient (Wildman–Crippen LogP) is 5.33. The van der Waals surface area contributed by atoms with Crippen LogP contribution >= 0.6 is 11.3 Å². The highest BCUT2D eigenvalue weighted by Gasteiger charge is 2.25. The molecule has 1 aliphatic rings. The summed E-state index contributed by atoms with van der Waals surface area (Å²) in [6.45, 7) is 4.67. The van der Waals surface area contributed by atoms with Crippen molar-refractivity contribution in [3.63, 3.8) is 0 Å². The Balaban J connectivity index is 0.000000265. The Kier molecular flexibility index (Phi) is 8.70. The van der Waals surface area contributed by atoms with Gasteiger partial charge in [0.15, 0.2) is 10.9 Å². The Morgan fingerprint density at radius 3 is 2.76 bits per heavy atom. The van der Waals surface area contributed by atoms with Crippen LogP contribution < -0.4 is 11.1 Å². The number of imidazole rings is 1. The zero-order valence-electron chi connectivity index (χ0n) is 21.2. The van der Waals surface area contributed by atoms with Crippen molar-refractivity contribution in [2.75, 3.05) is 12.3 Å². The van der Waals surface area contributed by atoms with E-state index in [1.165, 1.54) is 23.8 Å². The number of piperidine rings is 1. The smallest absolute Gasteiger partial charge is 0.223 e. The number of carbonyl (C=O) groups excluding carboxylic acids is 2. The lowest BCUT2D eigenvalue weighted by Gasteiger charge is -2.35. The molecule has 10 heteroatoms. The first kappa shape index (κ1) is 26.5. The van der Waals surface area contributed by atoms with Crippen LogP contribution in [0.3, 0.4) is 0 Å². The van der Waals surface area contributed by atoms with Gasteiger partial charge >= 0.3 is 0 Å². The number of likely N-dealkylation sites (tertiary alicyclic amines) is 1. The molecule has 1 aliphatic heterocycles. The van der Waals surface area contributed by atoms with Gasteiger partial charge in [-0.1, -0.05) is 36.5 Å². The van der Waals surface area contributed by atoms with Crippen LogP contribution in [0.5, 0.6) is 0 Å². The molecule has 0 radical (unpaired) electrons. The number of hydrogen-bond acceptors (Lipinski definition) is 6. The summed E-state index contributed by atoms with van der Waals surface area (Å²) < 4.78 is 14.9. The number of aromatic nitrogens is 3. The minimum absolute atomic E-state index is 0.0511. The highest BCUT2D eigenvalue weighted by molar-refractivity contribution is 7.22. The van der Waals surface area contributed by atoms with E-state index in [2.05, 4.69) is 27.2 Å². The first-order valence-corrected chi connectivity index (χ1v) is 13.5. The van der Waals surface area contributed by atoms with Gasteiger partial charge in [-0.25, -0.2) is 14.4 Å². The summed E-state index contributed by atoms with van der Waals surface area (Å²) in [6, 6.07) is 12.5. The predicted molar refractivity (Wildman–Crippen MR) is 146 cm³/mol. The molecule has 4 aromatic rings. The van der Waals surface area contributed by atoms with Gasteiger partial charge in [0.2, 0.25) is 11.8 Å². The van der Waals surface area contributed by atoms with Crippen LogP contribution in [0.4, 0.5) is 9.52 Å². The molecule has 37 heavy (non-hydrogen) atoms. The number of amides is 2. The van der Waals surface area contributed by atoms with Gasteiger partial charge in [-0.15, -0.1) is 0 Å². The first-order chi connectivity index (χ1) is 17.9. The van der Waals surface area contributed by atoms with Crippen LogP contribution in [-0.4, -0.2) is 44.3 Å². The SMILES string of the molecule is CCC1CCCCN1C(=O)CCC(=O)N[C@@H](C)c1nc2c(F)cccc2[nH]1.Nc1nc2ccccc2s1. The Morgan fingerprint density at radius 2 is 2.00 bits per heavy atom. The lowest BCUT2D eigenvalue weighted by atomic mass is 9.99. The molecule has 0 aliphatic carbocycles. The lowest BCUT2D eigenvalue weighted by Crippen LogP contribution is -2.43. The second-order valence-electron chi connectivity index (χ2n) is 9.21. The summed E-state index contributed by atoms with van der Waals surface area (Å²) in [4.78, 5) is 38.0. The maximum atomic E-state index is 13.8. The summed E-state index contributed by atoms with van der Waals surface area (Å²) in [6.07, 6.45) is 4.56. The number of aromatic amines is 1. The number of carbonyl (C=O) groups is 2. The maximum absolute atomic E-state index is 13.8. The molecule has 2 aromatic heterocycles. The van der Waals surface area contributed by atoms with E-state index in [1.807, 2.05) is 29.2 Å². The van der Waals surface area contributed by atoms with Crippen molar-refractivity contribution in [1.82, 2.24) is 25.2 Å². The molecule has 1 unspecified atom stereocenters. The molecule has 2 amide bonds. The summed E-state index contributed by atoms with van der Waals surface area (Å²) >= 11 is 1.52. The van der Waals surface area contributed by atoms with Crippen molar-refractivity contribution < 1.29 is 14.0 Å². The molecule has 3 heterocycles. The molecule has 1 fully saturated rings. The quantitative estimate of drug-likeness (QED) is 0.315. The van der Waals surface area contributed by atoms with E-state index < -0.39 is 11.9 Å². The van der Waals surface area contributed by atoms with Crippen molar-refractivity contribution in [3.8, 4) is 0 Å². The number of fused-ring (bicyclic) bond motifs is 2. The number of hydrogen-bond donors (Lipinski definition) is 3. The van der Waals surface area contributed by atoms with Crippen LogP contribution in [0, 0.1) is 5.82 Å². The van der Waals surface area contributed by atoms with Crippen LogP contribution in [-0.2, 0) is 9.59 Å². The van der Waals surface area contributed by atoms with E-state index >= 15 is 0 Å². The highest BCUT2D eigenvalue weighted by atomic mass is 32.1. The molecule has 1 saturated heterocycles. The van der Waals surface area contributed by atoms with Gasteiger partial charge in [-0.2, -0.15) is 0 Å². The Bertz CT molecular complexity index is 1340. The van der Waals surface area contributed by atoms with Crippen molar-refractivity contribution in [3.05, 3.63) is 54.1 Å². The standard InChI is InChI=1S/C20H27FN4O2.C7H6N2S/c1-3-14-7-4-5-12-25(14)18(27)11-10-17(26)22-13(2)20-23-16-9-6-8-15(21)19(16)24-20;8-7-9-5-3-1-2-4-6(5)10-7/h6,8-9,13-14H,3-5,7,10-12H2,1-2H3,(H,22,26)(H,23,24);1-4H,(H2,8,9)/t13-,14?;/m0./s1. The topological polar surface area (TPSA) is 117 Å². The van der Waals surface area contributed by atoms with Crippen LogP contribution in [0.25, 0.3) is 21.3 Å². The largest absolute Gasteiger partial charge is 0.375 e. The number of halogens is 1. The second-order valence-corrected chi connectivity index (χ2v) is 10.3. The van der Waals surface area contributed by atoms with Gasteiger partial charge < -0.3 is 20.9 Å². The second kappa shape index (κ2) is 12.1. The van der Waals surface area contributed by atoms with Crippen LogP contribution in [0.2, 0.25) is 0 Å². The summed E-state index contributed by atoms with van der Waals surface area (Å²) in [5, 5.41) is 3.47. The number of H-pyrrole nitrogens is 1. The number of benzene rings is 2. The van der Waals surface area contributed by atoms with Crippen molar-refractivity contribution in [2.45, 2.75) is 64.5 Å². The zero-order chi connectivity index (χ0) is 26.4. The number of anilines is 1. The van der Waals surface area contributed by atoms with Gasteiger partial charge in [-0.3, -0.25) is 9.59 Å². The number of nitrogens with one attached hydrogen (secondary N) is 2. The van der Waals surface area contributed by atoms with E-state index in [4.69, 9.17) is 5.73 Å². The molecule has 2 aromatic carbocycles. The molecule has 0 bridgehead atoms. The lowest BCUT2D eigenvalue weighted by molar-refractivity contribution is -0.137. The molecule has 196 valence electrons. The Morgan fingerprint density at radius 1 is 1.19 bits per heavy atom. The number of thiazole rings is 1. The maximum Gasteiger partial charge on any atom is 0.223 e. The van der Waals surface area contributed by atoms with Gasteiger partial charge in [-0.05, 0) is 56.9 Å². The third-order valence-electron chi connectivity index (χ3n) is 6.56. The minimum Gasteiger partial charge on any atom is -0.375 e. The normalized spacial score (nSPS) is 16.3. The van der Waals surface area contributed by atoms with Gasteiger partial charge in [0.1, 0.15) is 11.3 Å².